The zero-order chi connectivity index (χ0) is 12.5. The summed E-state index contributed by atoms with van der Waals surface area (Å²) in [7, 11) is 0. The summed E-state index contributed by atoms with van der Waals surface area (Å²) < 4.78 is 0. The molecule has 17 heavy (non-hydrogen) atoms. The summed E-state index contributed by atoms with van der Waals surface area (Å²) in [5.74, 6) is 0.894. The third-order valence-electron chi connectivity index (χ3n) is 3.07. The van der Waals surface area contributed by atoms with Crippen molar-refractivity contribution in [3.63, 3.8) is 0 Å². The maximum absolute atomic E-state index is 4.66. The Morgan fingerprint density at radius 1 is 1.41 bits per heavy atom. The van der Waals surface area contributed by atoms with Gasteiger partial charge < -0.3 is 0 Å². The molecule has 0 saturated heterocycles. The topological polar surface area (TPSA) is 38.7 Å². The highest BCUT2D eigenvalue weighted by Crippen LogP contribution is 2.28. The predicted octanol–water partition coefficient (Wildman–Crippen LogP) is 3.40. The maximum Gasteiger partial charge on any atom is 0.153 e. The van der Waals surface area contributed by atoms with Crippen LogP contribution in [0.5, 0.6) is 0 Å². The minimum atomic E-state index is 0.0122. The van der Waals surface area contributed by atoms with Crippen LogP contribution in [0.2, 0.25) is 0 Å². The third kappa shape index (κ3) is 2.36. The van der Waals surface area contributed by atoms with Crippen LogP contribution >= 0.6 is 11.3 Å². The van der Waals surface area contributed by atoms with Gasteiger partial charge in [0.05, 0.1) is 16.3 Å². The van der Waals surface area contributed by atoms with Crippen molar-refractivity contribution in [3.8, 4) is 10.6 Å². The first-order valence-electron chi connectivity index (χ1n) is 5.72. The standard InChI is InChI=1S/C13H16N3S/c1-5-13(3,4)12-14-7-6-10(16-12)11-9(2)15-8-17-11/h6-7H,5H2,1-4H3. The van der Waals surface area contributed by atoms with E-state index in [2.05, 4.69) is 41.2 Å². The molecule has 2 rings (SSSR count). The smallest absolute Gasteiger partial charge is 0.153 e. The molecule has 0 unspecified atom stereocenters. The summed E-state index contributed by atoms with van der Waals surface area (Å²) in [6, 6.07) is 1.93. The first-order chi connectivity index (χ1) is 8.04. The van der Waals surface area contributed by atoms with Crippen molar-refractivity contribution in [3.05, 3.63) is 29.3 Å². The van der Waals surface area contributed by atoms with Crippen molar-refractivity contribution in [1.29, 1.82) is 0 Å². The van der Waals surface area contributed by atoms with E-state index >= 15 is 0 Å². The largest absolute Gasteiger partial charge is 0.241 e. The van der Waals surface area contributed by atoms with Gasteiger partial charge in [-0.25, -0.2) is 15.0 Å². The van der Waals surface area contributed by atoms with Crippen LogP contribution in [-0.2, 0) is 5.41 Å². The molecule has 1 radical (unpaired) electrons. The second kappa shape index (κ2) is 4.53. The van der Waals surface area contributed by atoms with Gasteiger partial charge in [0.15, 0.2) is 5.51 Å². The van der Waals surface area contributed by atoms with Crippen molar-refractivity contribution < 1.29 is 0 Å². The van der Waals surface area contributed by atoms with Gasteiger partial charge in [-0.05, 0) is 19.4 Å². The van der Waals surface area contributed by atoms with Gasteiger partial charge in [-0.15, -0.1) is 11.3 Å². The van der Waals surface area contributed by atoms with Crippen LogP contribution in [0, 0.1) is 12.4 Å². The Balaban J connectivity index is 2.46. The number of rotatable bonds is 3. The monoisotopic (exact) mass is 246 g/mol. The molecule has 0 aliphatic carbocycles. The Bertz CT molecular complexity index is 517. The lowest BCUT2D eigenvalue weighted by Gasteiger charge is -2.20. The average molecular weight is 246 g/mol. The minimum Gasteiger partial charge on any atom is -0.241 e. The van der Waals surface area contributed by atoms with Crippen molar-refractivity contribution in [2.75, 3.05) is 0 Å². The van der Waals surface area contributed by atoms with Crippen LogP contribution in [-0.4, -0.2) is 15.0 Å². The molecule has 0 atom stereocenters. The normalized spacial score (nSPS) is 11.8. The van der Waals surface area contributed by atoms with Gasteiger partial charge in [-0.1, -0.05) is 20.8 Å². The van der Waals surface area contributed by atoms with E-state index in [9.17, 15) is 0 Å². The Morgan fingerprint density at radius 3 is 2.76 bits per heavy atom. The van der Waals surface area contributed by atoms with E-state index in [4.69, 9.17) is 0 Å². The zero-order valence-electron chi connectivity index (χ0n) is 10.6. The van der Waals surface area contributed by atoms with E-state index in [1.165, 1.54) is 11.3 Å². The molecule has 4 heteroatoms. The van der Waals surface area contributed by atoms with Crippen LogP contribution in [0.3, 0.4) is 0 Å². The summed E-state index contributed by atoms with van der Waals surface area (Å²) in [6.07, 6.45) is 2.85. The lowest BCUT2D eigenvalue weighted by molar-refractivity contribution is 0.473. The number of thiazole rings is 1. The van der Waals surface area contributed by atoms with Gasteiger partial charge in [-0.2, -0.15) is 0 Å². The number of aromatic nitrogens is 3. The fourth-order valence-electron chi connectivity index (χ4n) is 1.47. The molecule has 0 fully saturated rings. The van der Waals surface area contributed by atoms with Crippen molar-refractivity contribution in [2.45, 2.75) is 39.5 Å². The van der Waals surface area contributed by atoms with Crippen LogP contribution in [0.25, 0.3) is 10.6 Å². The summed E-state index contributed by atoms with van der Waals surface area (Å²) >= 11 is 1.50. The summed E-state index contributed by atoms with van der Waals surface area (Å²) in [5.41, 5.74) is 4.84. The molecule has 0 amide bonds. The second-order valence-corrected chi connectivity index (χ2v) is 5.52. The molecule has 2 aromatic heterocycles. The molecule has 0 saturated carbocycles. The lowest BCUT2D eigenvalue weighted by atomic mass is 9.89. The van der Waals surface area contributed by atoms with Crippen molar-refractivity contribution in [2.24, 2.45) is 0 Å². The third-order valence-corrected chi connectivity index (χ3v) is 3.96. The molecule has 0 aliphatic heterocycles. The van der Waals surface area contributed by atoms with Gasteiger partial charge in [0, 0.05) is 11.6 Å². The number of aryl methyl sites for hydroxylation is 1. The molecule has 0 spiro atoms. The second-order valence-electron chi connectivity index (χ2n) is 4.72. The molecule has 3 nitrogen and oxygen atoms in total. The van der Waals surface area contributed by atoms with Gasteiger partial charge in [0.25, 0.3) is 0 Å². The Morgan fingerprint density at radius 2 is 2.18 bits per heavy atom. The molecule has 0 N–H and O–H groups in total. The highest BCUT2D eigenvalue weighted by Gasteiger charge is 2.22. The first-order valence-corrected chi connectivity index (χ1v) is 6.53. The number of hydrogen-bond donors (Lipinski definition) is 0. The molecule has 0 aromatic carbocycles. The lowest BCUT2D eigenvalue weighted by Crippen LogP contribution is -2.19. The fourth-order valence-corrected chi connectivity index (χ4v) is 2.15. The Kier molecular flexibility index (Phi) is 3.24. The van der Waals surface area contributed by atoms with Crippen LogP contribution in [0.1, 0.15) is 38.7 Å². The van der Waals surface area contributed by atoms with E-state index < -0.39 is 0 Å². The molecule has 2 aromatic rings. The van der Waals surface area contributed by atoms with Gasteiger partial charge in [0.1, 0.15) is 5.82 Å². The van der Waals surface area contributed by atoms with Crippen molar-refractivity contribution in [1.82, 2.24) is 15.0 Å². The zero-order valence-corrected chi connectivity index (χ0v) is 11.4. The Hall–Kier alpha value is -1.29. The highest BCUT2D eigenvalue weighted by atomic mass is 32.1. The van der Waals surface area contributed by atoms with Gasteiger partial charge in [0.2, 0.25) is 0 Å². The van der Waals surface area contributed by atoms with E-state index in [1.54, 1.807) is 0 Å². The van der Waals surface area contributed by atoms with Gasteiger partial charge >= 0.3 is 0 Å². The van der Waals surface area contributed by atoms with Crippen LogP contribution < -0.4 is 0 Å². The molecular formula is C13H16N3S. The molecule has 89 valence electrons. The quantitative estimate of drug-likeness (QED) is 0.833. The fraction of sp³-hybridized carbons (Fsp3) is 0.462. The Labute approximate surface area is 106 Å². The summed E-state index contributed by atoms with van der Waals surface area (Å²) in [4.78, 5) is 14.3. The minimum absolute atomic E-state index is 0.0122. The molecule has 2 heterocycles. The molecular weight excluding hydrogens is 230 g/mol. The molecule has 0 bridgehead atoms. The maximum atomic E-state index is 4.66. The van der Waals surface area contributed by atoms with E-state index in [-0.39, 0.29) is 5.41 Å². The highest BCUT2D eigenvalue weighted by molar-refractivity contribution is 7.12. The van der Waals surface area contributed by atoms with Gasteiger partial charge in [-0.3, -0.25) is 0 Å². The summed E-state index contributed by atoms with van der Waals surface area (Å²) in [5, 5.41) is 0. The average Bonchev–Trinajstić information content (AvgIpc) is 2.76. The first kappa shape index (κ1) is 12.2. The summed E-state index contributed by atoms with van der Waals surface area (Å²) in [6.45, 7) is 8.46. The van der Waals surface area contributed by atoms with Crippen LogP contribution in [0.4, 0.5) is 0 Å². The number of nitrogens with zero attached hydrogens (tertiary/aromatic N) is 3. The van der Waals surface area contributed by atoms with Crippen molar-refractivity contribution >= 4 is 11.3 Å². The SMILES string of the molecule is CCC(C)(C)c1nccc(-c2s[c]nc2C)n1. The van der Waals surface area contributed by atoms with Crippen LogP contribution in [0.15, 0.2) is 12.3 Å². The predicted molar refractivity (Wildman–Crippen MR) is 70.0 cm³/mol. The van der Waals surface area contributed by atoms with E-state index in [0.29, 0.717) is 0 Å². The number of hydrogen-bond acceptors (Lipinski definition) is 4. The molecule has 0 aliphatic rings. The van der Waals surface area contributed by atoms with E-state index in [0.717, 1.165) is 28.5 Å². The van der Waals surface area contributed by atoms with E-state index in [1.807, 2.05) is 19.2 Å².